The number of aliphatic hydroxyl groups is 1. The van der Waals surface area contributed by atoms with Crippen LogP contribution >= 0.6 is 0 Å². The molecule has 0 spiro atoms. The van der Waals surface area contributed by atoms with Crippen molar-refractivity contribution in [3.05, 3.63) is 0 Å². The molecule has 0 bridgehead atoms. The largest absolute Gasteiger partial charge is 0.389 e. The number of hydrogen-bond acceptors (Lipinski definition) is 2. The molecule has 0 radical (unpaired) electrons. The zero-order valence-corrected chi connectivity index (χ0v) is 19.8. The third-order valence-electron chi connectivity index (χ3n) is 10.8. The Morgan fingerprint density at radius 2 is 1.76 bits per heavy atom. The maximum absolute atomic E-state index is 13.5. The van der Waals surface area contributed by atoms with Crippen LogP contribution in [0, 0.1) is 46.3 Å². The van der Waals surface area contributed by atoms with Gasteiger partial charge >= 0.3 is 0 Å². The summed E-state index contributed by atoms with van der Waals surface area (Å²) in [6, 6.07) is 0. The standard InChI is InChI=1S/C27H46O2/c1-18(2)9-8-10-19(3)21-12-13-22-24-23(28)17-20-11-6-7-14-26(20,5)27(24,29)16-15-25(21,22)4/h18-22,24,29H,6-17H2,1-5H3/t19-,20?,21-,22+,24-,25-,26+,27-/m1/s1. The van der Waals surface area contributed by atoms with Gasteiger partial charge < -0.3 is 5.11 Å². The van der Waals surface area contributed by atoms with E-state index < -0.39 is 5.60 Å². The highest BCUT2D eigenvalue weighted by molar-refractivity contribution is 5.84. The molecule has 4 aliphatic carbocycles. The van der Waals surface area contributed by atoms with Crippen molar-refractivity contribution >= 4 is 5.78 Å². The molecule has 1 N–H and O–H groups in total. The Bertz CT molecular complexity index is 626. The van der Waals surface area contributed by atoms with Crippen molar-refractivity contribution in [1.82, 2.24) is 0 Å². The minimum atomic E-state index is -0.743. The Morgan fingerprint density at radius 1 is 1.00 bits per heavy atom. The highest BCUT2D eigenvalue weighted by atomic mass is 16.3. The van der Waals surface area contributed by atoms with E-state index in [1.54, 1.807) is 0 Å². The van der Waals surface area contributed by atoms with Crippen LogP contribution in [0.3, 0.4) is 0 Å². The van der Waals surface area contributed by atoms with Crippen molar-refractivity contribution < 1.29 is 9.90 Å². The average Bonchev–Trinajstić information content (AvgIpc) is 2.99. The zero-order chi connectivity index (χ0) is 21.0. The Kier molecular flexibility index (Phi) is 5.76. The van der Waals surface area contributed by atoms with E-state index in [1.165, 1.54) is 38.5 Å². The Balaban J connectivity index is 1.57. The summed E-state index contributed by atoms with van der Waals surface area (Å²) in [6.07, 6.45) is 13.9. The van der Waals surface area contributed by atoms with E-state index in [1.807, 2.05) is 0 Å². The molecule has 4 saturated carbocycles. The van der Waals surface area contributed by atoms with Crippen molar-refractivity contribution in [2.75, 3.05) is 0 Å². The van der Waals surface area contributed by atoms with Crippen LogP contribution in [-0.2, 0) is 4.79 Å². The molecule has 0 aromatic rings. The number of Topliss-reactive ketones (excluding diaryl/α,β-unsaturated/α-hetero) is 1. The monoisotopic (exact) mass is 402 g/mol. The van der Waals surface area contributed by atoms with E-state index in [2.05, 4.69) is 34.6 Å². The summed E-state index contributed by atoms with van der Waals surface area (Å²) in [5, 5.41) is 12.2. The van der Waals surface area contributed by atoms with Gasteiger partial charge in [-0.05, 0) is 73.5 Å². The minimum absolute atomic E-state index is 0.0356. The van der Waals surface area contributed by atoms with Crippen LogP contribution in [0.5, 0.6) is 0 Å². The molecule has 0 saturated heterocycles. The first kappa shape index (κ1) is 21.8. The van der Waals surface area contributed by atoms with Crippen LogP contribution in [0.1, 0.15) is 112 Å². The fraction of sp³-hybridized carbons (Fsp3) is 0.963. The molecule has 0 aromatic heterocycles. The fourth-order valence-electron chi connectivity index (χ4n) is 8.95. The summed E-state index contributed by atoms with van der Waals surface area (Å²) < 4.78 is 0. The van der Waals surface area contributed by atoms with E-state index >= 15 is 0 Å². The van der Waals surface area contributed by atoms with Gasteiger partial charge in [0.2, 0.25) is 0 Å². The molecule has 4 fully saturated rings. The molecule has 1 unspecified atom stereocenters. The molecule has 8 atom stereocenters. The van der Waals surface area contributed by atoms with E-state index in [0.29, 0.717) is 17.6 Å². The topological polar surface area (TPSA) is 37.3 Å². The second-order valence-electron chi connectivity index (χ2n) is 12.5. The molecule has 0 aliphatic heterocycles. The van der Waals surface area contributed by atoms with Gasteiger partial charge in [-0.3, -0.25) is 4.79 Å². The maximum Gasteiger partial charge on any atom is 0.139 e. The summed E-state index contributed by atoms with van der Waals surface area (Å²) in [4.78, 5) is 13.5. The van der Waals surface area contributed by atoms with Crippen molar-refractivity contribution in [3.8, 4) is 0 Å². The first-order valence-electron chi connectivity index (χ1n) is 12.9. The number of fused-ring (bicyclic) bond motifs is 5. The predicted octanol–water partition coefficient (Wildman–Crippen LogP) is 6.79. The highest BCUT2D eigenvalue weighted by Gasteiger charge is 2.69. The van der Waals surface area contributed by atoms with Gasteiger partial charge in [-0.15, -0.1) is 0 Å². The van der Waals surface area contributed by atoms with Gasteiger partial charge in [0.05, 0.1) is 11.5 Å². The minimum Gasteiger partial charge on any atom is -0.389 e. The third kappa shape index (κ3) is 3.26. The van der Waals surface area contributed by atoms with Crippen LogP contribution in [0.2, 0.25) is 0 Å². The Hall–Kier alpha value is -0.370. The van der Waals surface area contributed by atoms with Gasteiger partial charge in [0, 0.05) is 11.8 Å². The van der Waals surface area contributed by atoms with Gasteiger partial charge in [-0.2, -0.15) is 0 Å². The normalized spacial score (nSPS) is 48.2. The lowest BCUT2D eigenvalue weighted by atomic mass is 9.42. The first-order valence-corrected chi connectivity index (χ1v) is 12.9. The maximum atomic E-state index is 13.5. The molecule has 0 amide bonds. The molecule has 0 heterocycles. The summed E-state index contributed by atoms with van der Waals surface area (Å²) >= 11 is 0. The average molecular weight is 403 g/mol. The van der Waals surface area contributed by atoms with E-state index in [-0.39, 0.29) is 16.7 Å². The summed E-state index contributed by atoms with van der Waals surface area (Å²) in [5.41, 5.74) is -0.527. The predicted molar refractivity (Wildman–Crippen MR) is 120 cm³/mol. The molecule has 4 rings (SSSR count). The number of carbonyl (C=O) groups excluding carboxylic acids is 1. The van der Waals surface area contributed by atoms with E-state index in [9.17, 15) is 9.90 Å². The molecular formula is C27H46O2. The quantitative estimate of drug-likeness (QED) is 0.549. The van der Waals surface area contributed by atoms with Crippen LogP contribution < -0.4 is 0 Å². The second-order valence-corrected chi connectivity index (χ2v) is 12.5. The Morgan fingerprint density at radius 3 is 2.48 bits per heavy atom. The summed E-state index contributed by atoms with van der Waals surface area (Å²) in [6.45, 7) is 12.0. The molecule has 0 aromatic carbocycles. The van der Waals surface area contributed by atoms with Crippen LogP contribution in [0.15, 0.2) is 0 Å². The lowest BCUT2D eigenvalue weighted by Gasteiger charge is -2.64. The first-order chi connectivity index (χ1) is 13.6. The molecule has 4 aliphatic rings. The number of hydrogen-bond donors (Lipinski definition) is 1. The molecular weight excluding hydrogens is 356 g/mol. The smallest absolute Gasteiger partial charge is 0.139 e. The van der Waals surface area contributed by atoms with Gasteiger partial charge in [0.25, 0.3) is 0 Å². The van der Waals surface area contributed by atoms with Crippen molar-refractivity contribution in [3.63, 3.8) is 0 Å². The molecule has 2 heteroatoms. The molecule has 29 heavy (non-hydrogen) atoms. The van der Waals surface area contributed by atoms with Crippen LogP contribution in [-0.4, -0.2) is 16.5 Å². The highest BCUT2D eigenvalue weighted by Crippen LogP contribution is 2.69. The third-order valence-corrected chi connectivity index (χ3v) is 10.8. The van der Waals surface area contributed by atoms with E-state index in [0.717, 1.165) is 56.3 Å². The second kappa shape index (κ2) is 7.64. The van der Waals surface area contributed by atoms with Gasteiger partial charge in [-0.1, -0.05) is 66.7 Å². The summed E-state index contributed by atoms with van der Waals surface area (Å²) in [7, 11) is 0. The zero-order valence-electron chi connectivity index (χ0n) is 19.8. The molecule has 2 nitrogen and oxygen atoms in total. The number of rotatable bonds is 5. The lowest BCUT2D eigenvalue weighted by Crippen LogP contribution is -2.67. The summed E-state index contributed by atoms with van der Waals surface area (Å²) in [5.74, 6) is 3.42. The number of carbonyl (C=O) groups is 1. The van der Waals surface area contributed by atoms with Gasteiger partial charge in [-0.25, -0.2) is 0 Å². The van der Waals surface area contributed by atoms with Crippen molar-refractivity contribution in [1.29, 1.82) is 0 Å². The Labute approximate surface area is 179 Å². The van der Waals surface area contributed by atoms with Gasteiger partial charge in [0.1, 0.15) is 5.78 Å². The van der Waals surface area contributed by atoms with Crippen molar-refractivity contribution in [2.45, 2.75) is 117 Å². The van der Waals surface area contributed by atoms with Crippen molar-refractivity contribution in [2.24, 2.45) is 46.3 Å². The SMILES string of the molecule is CC(C)CCC[C@@H](C)[C@H]1CC[C@H]2[C@@H]3C(=O)CC4CCCC[C@]4(C)[C@@]3(O)CC[C@]12C. The van der Waals surface area contributed by atoms with E-state index in [4.69, 9.17) is 0 Å². The molecule has 166 valence electrons. The lowest BCUT2D eigenvalue weighted by molar-refractivity contribution is -0.227. The van der Waals surface area contributed by atoms with Gasteiger partial charge in [0.15, 0.2) is 0 Å². The fourth-order valence-corrected chi connectivity index (χ4v) is 8.95. The van der Waals surface area contributed by atoms with Crippen LogP contribution in [0.4, 0.5) is 0 Å². The van der Waals surface area contributed by atoms with Crippen LogP contribution in [0.25, 0.3) is 0 Å². The number of ketones is 1.